The lowest BCUT2D eigenvalue weighted by Crippen LogP contribution is -2.09. The third-order valence-electron chi connectivity index (χ3n) is 3.39. The summed E-state index contributed by atoms with van der Waals surface area (Å²) >= 11 is 0. The predicted molar refractivity (Wildman–Crippen MR) is 74.1 cm³/mol. The number of benzene rings is 1. The van der Waals surface area contributed by atoms with Gasteiger partial charge in [0.15, 0.2) is 0 Å². The van der Waals surface area contributed by atoms with E-state index in [4.69, 9.17) is 14.6 Å². The normalized spacial score (nSPS) is 12.1. The third-order valence-corrected chi connectivity index (χ3v) is 3.39. The van der Waals surface area contributed by atoms with E-state index in [9.17, 15) is 4.79 Å². The minimum Gasteiger partial charge on any atom is -0.496 e. The van der Waals surface area contributed by atoms with E-state index in [0.29, 0.717) is 6.42 Å². The van der Waals surface area contributed by atoms with Crippen LogP contribution in [0.25, 0.3) is 0 Å². The van der Waals surface area contributed by atoms with Gasteiger partial charge in [0.2, 0.25) is 0 Å². The lowest BCUT2D eigenvalue weighted by Gasteiger charge is -2.18. The summed E-state index contributed by atoms with van der Waals surface area (Å²) in [5, 5.41) is 8.83. The number of hydrogen-bond donors (Lipinski definition) is 1. The SMILES string of the molecule is COc1cc(CC(C)CC(=O)O)c(OC)c(C)c1C. The van der Waals surface area contributed by atoms with Crippen molar-refractivity contribution in [2.75, 3.05) is 14.2 Å². The Morgan fingerprint density at radius 2 is 1.89 bits per heavy atom. The number of carboxylic acid groups (broad SMARTS) is 1. The van der Waals surface area contributed by atoms with E-state index in [1.165, 1.54) is 0 Å². The van der Waals surface area contributed by atoms with Crippen molar-refractivity contribution in [2.45, 2.75) is 33.6 Å². The molecule has 1 aromatic carbocycles. The van der Waals surface area contributed by atoms with Crippen molar-refractivity contribution in [3.05, 3.63) is 22.8 Å². The number of hydrogen-bond acceptors (Lipinski definition) is 3. The van der Waals surface area contributed by atoms with Crippen LogP contribution in [0.5, 0.6) is 11.5 Å². The second kappa shape index (κ2) is 6.45. The van der Waals surface area contributed by atoms with E-state index in [1.807, 2.05) is 26.8 Å². The smallest absolute Gasteiger partial charge is 0.303 e. The monoisotopic (exact) mass is 266 g/mol. The Morgan fingerprint density at radius 1 is 1.26 bits per heavy atom. The highest BCUT2D eigenvalue weighted by molar-refractivity contribution is 5.67. The van der Waals surface area contributed by atoms with Gasteiger partial charge in [-0.15, -0.1) is 0 Å². The maximum Gasteiger partial charge on any atom is 0.303 e. The molecule has 0 radical (unpaired) electrons. The minimum absolute atomic E-state index is 0.0539. The van der Waals surface area contributed by atoms with Gasteiger partial charge in [-0.25, -0.2) is 0 Å². The first kappa shape index (κ1) is 15.3. The van der Waals surface area contributed by atoms with Crippen molar-refractivity contribution in [2.24, 2.45) is 5.92 Å². The Morgan fingerprint density at radius 3 is 2.37 bits per heavy atom. The first-order chi connectivity index (χ1) is 8.90. The Kier molecular flexibility index (Phi) is 5.21. The zero-order valence-electron chi connectivity index (χ0n) is 12.2. The van der Waals surface area contributed by atoms with Gasteiger partial charge in [0.25, 0.3) is 0 Å². The molecule has 0 bridgehead atoms. The van der Waals surface area contributed by atoms with Gasteiger partial charge in [0, 0.05) is 6.42 Å². The fourth-order valence-electron chi connectivity index (χ4n) is 2.32. The average molecular weight is 266 g/mol. The van der Waals surface area contributed by atoms with Gasteiger partial charge >= 0.3 is 5.97 Å². The van der Waals surface area contributed by atoms with E-state index in [1.54, 1.807) is 14.2 Å². The Bertz CT molecular complexity index is 466. The highest BCUT2D eigenvalue weighted by atomic mass is 16.5. The summed E-state index contributed by atoms with van der Waals surface area (Å²) in [5.41, 5.74) is 3.09. The molecule has 19 heavy (non-hydrogen) atoms. The molecule has 1 aromatic rings. The zero-order chi connectivity index (χ0) is 14.6. The molecule has 0 aliphatic rings. The highest BCUT2D eigenvalue weighted by Gasteiger charge is 2.17. The van der Waals surface area contributed by atoms with E-state index < -0.39 is 5.97 Å². The topological polar surface area (TPSA) is 55.8 Å². The van der Waals surface area contributed by atoms with Crippen LogP contribution in [-0.4, -0.2) is 25.3 Å². The number of methoxy groups -OCH3 is 2. The van der Waals surface area contributed by atoms with Crippen LogP contribution in [0.2, 0.25) is 0 Å². The minimum atomic E-state index is -0.776. The zero-order valence-corrected chi connectivity index (χ0v) is 12.2. The van der Waals surface area contributed by atoms with E-state index in [0.717, 1.165) is 28.2 Å². The summed E-state index contributed by atoms with van der Waals surface area (Å²) in [4.78, 5) is 10.7. The molecule has 4 nitrogen and oxygen atoms in total. The lowest BCUT2D eigenvalue weighted by molar-refractivity contribution is -0.137. The summed E-state index contributed by atoms with van der Waals surface area (Å²) in [6.07, 6.45) is 0.811. The van der Waals surface area contributed by atoms with Crippen LogP contribution in [0.15, 0.2) is 6.07 Å². The fraction of sp³-hybridized carbons (Fsp3) is 0.533. The van der Waals surface area contributed by atoms with Crippen molar-refractivity contribution < 1.29 is 19.4 Å². The van der Waals surface area contributed by atoms with Gasteiger partial charge in [-0.1, -0.05) is 6.92 Å². The van der Waals surface area contributed by atoms with Crippen LogP contribution in [0.4, 0.5) is 0 Å². The molecule has 1 atom stereocenters. The molecule has 0 fully saturated rings. The molecule has 0 amide bonds. The van der Waals surface area contributed by atoms with Gasteiger partial charge in [0.1, 0.15) is 11.5 Å². The molecule has 0 aromatic heterocycles. The Balaban J connectivity index is 3.11. The van der Waals surface area contributed by atoms with Crippen LogP contribution in [0, 0.1) is 19.8 Å². The molecule has 0 saturated heterocycles. The first-order valence-electron chi connectivity index (χ1n) is 6.33. The number of carboxylic acids is 1. The van der Waals surface area contributed by atoms with Crippen LogP contribution in [0.3, 0.4) is 0 Å². The molecule has 1 unspecified atom stereocenters. The molecule has 0 spiro atoms. The van der Waals surface area contributed by atoms with Gasteiger partial charge in [-0.05, 0) is 48.9 Å². The van der Waals surface area contributed by atoms with Crippen molar-refractivity contribution in [1.82, 2.24) is 0 Å². The van der Waals surface area contributed by atoms with Gasteiger partial charge < -0.3 is 14.6 Å². The van der Waals surface area contributed by atoms with E-state index in [-0.39, 0.29) is 12.3 Å². The number of rotatable bonds is 6. The summed E-state index contributed by atoms with van der Waals surface area (Å²) < 4.78 is 10.8. The standard InChI is InChI=1S/C15H22O4/c1-9(7-14(16)17)6-12-8-13(18-4)10(2)11(3)15(12)19-5/h8-9H,6-7H2,1-5H3,(H,16,17). The Hall–Kier alpha value is -1.71. The molecular weight excluding hydrogens is 244 g/mol. The van der Waals surface area contributed by atoms with Gasteiger partial charge in [-0.2, -0.15) is 0 Å². The molecule has 0 aliphatic carbocycles. The Labute approximate surface area is 114 Å². The molecule has 0 aliphatic heterocycles. The van der Waals surface area contributed by atoms with Crippen LogP contribution in [-0.2, 0) is 11.2 Å². The predicted octanol–water partition coefficient (Wildman–Crippen LogP) is 2.97. The third kappa shape index (κ3) is 3.63. The molecule has 0 heterocycles. The summed E-state index contributed by atoms with van der Waals surface area (Å²) in [6.45, 7) is 5.90. The summed E-state index contributed by atoms with van der Waals surface area (Å²) in [5.74, 6) is 0.923. The molecule has 1 N–H and O–H groups in total. The van der Waals surface area contributed by atoms with Gasteiger partial charge in [0.05, 0.1) is 14.2 Å². The van der Waals surface area contributed by atoms with Crippen LogP contribution in [0.1, 0.15) is 30.0 Å². The fourth-order valence-corrected chi connectivity index (χ4v) is 2.32. The maximum absolute atomic E-state index is 10.7. The lowest BCUT2D eigenvalue weighted by atomic mass is 9.94. The van der Waals surface area contributed by atoms with Crippen LogP contribution >= 0.6 is 0 Å². The average Bonchev–Trinajstić information content (AvgIpc) is 2.33. The van der Waals surface area contributed by atoms with E-state index >= 15 is 0 Å². The largest absolute Gasteiger partial charge is 0.496 e. The first-order valence-corrected chi connectivity index (χ1v) is 6.33. The molecule has 4 heteroatoms. The quantitative estimate of drug-likeness (QED) is 0.860. The molecule has 1 rings (SSSR count). The second-order valence-corrected chi connectivity index (χ2v) is 4.93. The van der Waals surface area contributed by atoms with Crippen LogP contribution < -0.4 is 9.47 Å². The summed E-state index contributed by atoms with van der Waals surface area (Å²) in [6, 6.07) is 1.94. The molecular formula is C15H22O4. The van der Waals surface area contributed by atoms with E-state index in [2.05, 4.69) is 0 Å². The highest BCUT2D eigenvalue weighted by Crippen LogP contribution is 2.34. The van der Waals surface area contributed by atoms with Crippen molar-refractivity contribution in [1.29, 1.82) is 0 Å². The maximum atomic E-state index is 10.7. The number of aliphatic carboxylic acids is 1. The number of ether oxygens (including phenoxy) is 2. The molecule has 106 valence electrons. The molecule has 0 saturated carbocycles. The number of carbonyl (C=O) groups is 1. The second-order valence-electron chi connectivity index (χ2n) is 4.93. The van der Waals surface area contributed by atoms with Crippen molar-refractivity contribution in [3.8, 4) is 11.5 Å². The van der Waals surface area contributed by atoms with Crippen molar-refractivity contribution in [3.63, 3.8) is 0 Å². The summed E-state index contributed by atoms with van der Waals surface area (Å²) in [7, 11) is 3.28. The van der Waals surface area contributed by atoms with Gasteiger partial charge in [-0.3, -0.25) is 4.79 Å². The van der Waals surface area contributed by atoms with Crippen molar-refractivity contribution >= 4 is 5.97 Å².